The molecule has 2 heterocycles. The van der Waals surface area contributed by atoms with Crippen LogP contribution in [0.1, 0.15) is 62.0 Å². The van der Waals surface area contributed by atoms with Gasteiger partial charge in [0.15, 0.2) is 0 Å². The number of hydrogen-bond donors (Lipinski definition) is 0. The molecule has 2 fully saturated rings. The second-order valence-electron chi connectivity index (χ2n) is 5.62. The van der Waals surface area contributed by atoms with E-state index in [2.05, 4.69) is 44.0 Å². The van der Waals surface area contributed by atoms with Crippen LogP contribution in [0.3, 0.4) is 0 Å². The molecule has 1 aliphatic carbocycles. The van der Waals surface area contributed by atoms with Crippen molar-refractivity contribution in [3.05, 3.63) is 11.9 Å². The van der Waals surface area contributed by atoms with E-state index in [1.54, 1.807) is 0 Å². The van der Waals surface area contributed by atoms with Gasteiger partial charge in [0.25, 0.3) is 0 Å². The largest absolute Gasteiger partial charge is 0.375 e. The predicted octanol–water partition coefficient (Wildman–Crippen LogP) is 3.40. The standard InChI is InChI=1S/C13H20BrN3O/c1-10(14)12-9-17(16-15-12)11-4-7-18-13(8-11)5-2-3-6-13/h9-11H,2-8H2,1H3. The number of nitrogens with zero attached hydrogens (tertiary/aromatic N) is 3. The average molecular weight is 314 g/mol. The number of halogens is 1. The molecule has 4 nitrogen and oxygen atoms in total. The molecule has 1 spiro atoms. The highest BCUT2D eigenvalue weighted by Crippen LogP contribution is 2.43. The van der Waals surface area contributed by atoms with Crippen LogP contribution in [-0.2, 0) is 4.74 Å². The van der Waals surface area contributed by atoms with Crippen LogP contribution in [0.25, 0.3) is 0 Å². The fraction of sp³-hybridized carbons (Fsp3) is 0.846. The number of ether oxygens (including phenoxy) is 1. The minimum Gasteiger partial charge on any atom is -0.375 e. The van der Waals surface area contributed by atoms with Crippen molar-refractivity contribution in [3.63, 3.8) is 0 Å². The number of hydrogen-bond acceptors (Lipinski definition) is 3. The molecule has 18 heavy (non-hydrogen) atoms. The maximum absolute atomic E-state index is 6.06. The van der Waals surface area contributed by atoms with Crippen LogP contribution in [0.5, 0.6) is 0 Å². The molecule has 3 rings (SSSR count). The first-order valence-corrected chi connectivity index (χ1v) is 7.80. The van der Waals surface area contributed by atoms with Crippen LogP contribution in [0.2, 0.25) is 0 Å². The van der Waals surface area contributed by atoms with E-state index >= 15 is 0 Å². The minimum absolute atomic E-state index is 0.148. The smallest absolute Gasteiger partial charge is 0.0960 e. The van der Waals surface area contributed by atoms with Gasteiger partial charge < -0.3 is 4.74 Å². The Balaban J connectivity index is 1.75. The normalized spacial score (nSPS) is 28.7. The third-order valence-electron chi connectivity index (χ3n) is 4.29. The Morgan fingerprint density at radius 3 is 2.94 bits per heavy atom. The first-order chi connectivity index (χ1) is 8.69. The summed E-state index contributed by atoms with van der Waals surface area (Å²) in [7, 11) is 0. The SMILES string of the molecule is CC(Br)c1cn(C2CCOC3(CCCC3)C2)nn1. The second-order valence-corrected chi connectivity index (χ2v) is 7.00. The van der Waals surface area contributed by atoms with E-state index in [0.717, 1.165) is 25.1 Å². The first-order valence-electron chi connectivity index (χ1n) is 6.88. The summed E-state index contributed by atoms with van der Waals surface area (Å²) in [5.41, 5.74) is 1.16. The molecule has 0 aromatic carbocycles. The Labute approximate surface area is 116 Å². The molecule has 0 N–H and O–H groups in total. The van der Waals surface area contributed by atoms with E-state index in [0.29, 0.717) is 6.04 Å². The summed E-state index contributed by atoms with van der Waals surface area (Å²) in [6, 6.07) is 0.462. The zero-order valence-corrected chi connectivity index (χ0v) is 12.4. The third-order valence-corrected chi connectivity index (χ3v) is 4.76. The molecule has 2 unspecified atom stereocenters. The van der Waals surface area contributed by atoms with Crippen LogP contribution in [0.15, 0.2) is 6.20 Å². The van der Waals surface area contributed by atoms with E-state index in [-0.39, 0.29) is 10.4 Å². The van der Waals surface area contributed by atoms with Gasteiger partial charge in [-0.25, -0.2) is 4.68 Å². The van der Waals surface area contributed by atoms with Crippen molar-refractivity contribution < 1.29 is 4.74 Å². The van der Waals surface area contributed by atoms with Crippen molar-refractivity contribution in [1.82, 2.24) is 15.0 Å². The van der Waals surface area contributed by atoms with Crippen molar-refractivity contribution in [2.45, 2.75) is 61.9 Å². The summed E-state index contributed by atoms with van der Waals surface area (Å²) in [6.45, 7) is 2.94. The number of aromatic nitrogens is 3. The van der Waals surface area contributed by atoms with Gasteiger partial charge in [-0.2, -0.15) is 0 Å². The summed E-state index contributed by atoms with van der Waals surface area (Å²) in [6.07, 6.45) is 9.31. The van der Waals surface area contributed by atoms with Gasteiger partial charge >= 0.3 is 0 Å². The highest BCUT2D eigenvalue weighted by Gasteiger charge is 2.40. The zero-order chi connectivity index (χ0) is 12.6. The predicted molar refractivity (Wildman–Crippen MR) is 72.8 cm³/mol. The van der Waals surface area contributed by atoms with Crippen LogP contribution < -0.4 is 0 Å². The van der Waals surface area contributed by atoms with Crippen molar-refractivity contribution in [2.75, 3.05) is 6.61 Å². The molecule has 1 saturated carbocycles. The molecule has 1 aliphatic heterocycles. The van der Waals surface area contributed by atoms with Gasteiger partial charge in [0, 0.05) is 12.8 Å². The molecule has 1 saturated heterocycles. The molecule has 0 bridgehead atoms. The Morgan fingerprint density at radius 1 is 1.50 bits per heavy atom. The van der Waals surface area contributed by atoms with Gasteiger partial charge in [-0.1, -0.05) is 34.0 Å². The summed E-state index contributed by atoms with van der Waals surface area (Å²) in [4.78, 5) is 0.270. The number of alkyl halides is 1. The van der Waals surface area contributed by atoms with Gasteiger partial charge in [0.2, 0.25) is 0 Å². The van der Waals surface area contributed by atoms with Crippen LogP contribution in [-0.4, -0.2) is 27.2 Å². The summed E-state index contributed by atoms with van der Waals surface area (Å²) in [5.74, 6) is 0. The molecule has 0 radical (unpaired) electrons. The van der Waals surface area contributed by atoms with Crippen LogP contribution in [0.4, 0.5) is 0 Å². The van der Waals surface area contributed by atoms with E-state index in [1.165, 1.54) is 25.7 Å². The molecule has 1 aromatic rings. The Kier molecular flexibility index (Phi) is 3.45. The third kappa shape index (κ3) is 2.35. The summed E-state index contributed by atoms with van der Waals surface area (Å²) < 4.78 is 8.11. The van der Waals surface area contributed by atoms with Crippen molar-refractivity contribution in [2.24, 2.45) is 0 Å². The van der Waals surface area contributed by atoms with Gasteiger partial charge in [0.05, 0.1) is 22.2 Å². The number of rotatable bonds is 2. The summed E-state index contributed by atoms with van der Waals surface area (Å²) >= 11 is 3.54. The van der Waals surface area contributed by atoms with E-state index in [9.17, 15) is 0 Å². The molecular weight excluding hydrogens is 294 g/mol. The summed E-state index contributed by atoms with van der Waals surface area (Å²) in [5, 5.41) is 8.53. The molecule has 0 amide bonds. The van der Waals surface area contributed by atoms with Crippen LogP contribution in [0, 0.1) is 0 Å². The fourth-order valence-electron chi connectivity index (χ4n) is 3.25. The highest BCUT2D eigenvalue weighted by molar-refractivity contribution is 9.09. The molecular formula is C13H20BrN3O. The lowest BCUT2D eigenvalue weighted by Gasteiger charge is -2.38. The minimum atomic E-state index is 0.148. The molecule has 2 atom stereocenters. The van der Waals surface area contributed by atoms with E-state index in [4.69, 9.17) is 4.74 Å². The van der Waals surface area contributed by atoms with Crippen molar-refractivity contribution in [3.8, 4) is 0 Å². The molecule has 2 aliphatic rings. The maximum atomic E-state index is 6.06. The van der Waals surface area contributed by atoms with Crippen LogP contribution >= 0.6 is 15.9 Å². The lowest BCUT2D eigenvalue weighted by atomic mass is 9.89. The second kappa shape index (κ2) is 4.93. The average Bonchev–Trinajstić information content (AvgIpc) is 2.98. The maximum Gasteiger partial charge on any atom is 0.0960 e. The van der Waals surface area contributed by atoms with E-state index in [1.807, 2.05) is 0 Å². The van der Waals surface area contributed by atoms with E-state index < -0.39 is 0 Å². The van der Waals surface area contributed by atoms with Gasteiger partial charge in [-0.05, 0) is 32.6 Å². The Morgan fingerprint density at radius 2 is 2.28 bits per heavy atom. The molecule has 5 heteroatoms. The fourth-order valence-corrected chi connectivity index (χ4v) is 3.46. The van der Waals surface area contributed by atoms with Gasteiger partial charge in [-0.3, -0.25) is 0 Å². The quantitative estimate of drug-likeness (QED) is 0.786. The monoisotopic (exact) mass is 313 g/mol. The van der Waals surface area contributed by atoms with Gasteiger partial charge in [-0.15, -0.1) is 5.10 Å². The molecule has 100 valence electrons. The van der Waals surface area contributed by atoms with Crippen molar-refractivity contribution in [1.29, 1.82) is 0 Å². The molecule has 1 aromatic heterocycles. The lowest BCUT2D eigenvalue weighted by Crippen LogP contribution is -2.38. The Bertz CT molecular complexity index is 412. The van der Waals surface area contributed by atoms with Gasteiger partial charge in [0.1, 0.15) is 0 Å². The topological polar surface area (TPSA) is 39.9 Å². The zero-order valence-electron chi connectivity index (χ0n) is 10.8. The Hall–Kier alpha value is -0.420. The first kappa shape index (κ1) is 12.6. The highest BCUT2D eigenvalue weighted by atomic mass is 79.9. The van der Waals surface area contributed by atoms with Crippen molar-refractivity contribution >= 4 is 15.9 Å². The lowest BCUT2D eigenvalue weighted by molar-refractivity contribution is -0.0911.